The first-order valence-corrected chi connectivity index (χ1v) is 9.23. The number of hydrazine groups is 1. The summed E-state index contributed by atoms with van der Waals surface area (Å²) in [5, 5.41) is 29.2. The Balaban J connectivity index is 1.80. The van der Waals surface area contributed by atoms with Crippen LogP contribution >= 0.6 is 0 Å². The van der Waals surface area contributed by atoms with Gasteiger partial charge in [0, 0.05) is 18.7 Å². The molecule has 0 amide bonds. The van der Waals surface area contributed by atoms with Crippen molar-refractivity contribution in [3.8, 4) is 18.5 Å². The number of rotatable bonds is 2. The normalized spacial score (nSPS) is 22.5. The van der Waals surface area contributed by atoms with E-state index in [-0.39, 0.29) is 5.92 Å². The highest BCUT2D eigenvalue weighted by atomic mass is 15.5. The number of nitrogens with zero attached hydrogens (tertiary/aromatic N) is 6. The molecule has 1 aromatic carbocycles. The first kappa shape index (κ1) is 17.6. The van der Waals surface area contributed by atoms with E-state index in [9.17, 15) is 10.5 Å². The Morgan fingerprint density at radius 1 is 1.21 bits per heavy atom. The van der Waals surface area contributed by atoms with Gasteiger partial charge in [0.15, 0.2) is 12.0 Å². The highest BCUT2D eigenvalue weighted by molar-refractivity contribution is 6.01. The number of para-hydroxylation sites is 1. The lowest BCUT2D eigenvalue weighted by Crippen LogP contribution is -2.49. The van der Waals surface area contributed by atoms with Gasteiger partial charge in [-0.05, 0) is 43.0 Å². The fraction of sp³-hybridized carbons (Fsp3) is 0.333. The lowest BCUT2D eigenvalue weighted by molar-refractivity contribution is 0.310. The van der Waals surface area contributed by atoms with E-state index in [1.165, 1.54) is 5.01 Å². The fourth-order valence-electron chi connectivity index (χ4n) is 4.78. The SMILES string of the molecule is Cn1c(C#N)ccc1C1CCCC2(C1)C(N(C#N)NC#N)=Nc1ccccc12. The first-order valence-electron chi connectivity index (χ1n) is 9.23. The number of fused-ring (bicyclic) bond motifs is 2. The van der Waals surface area contributed by atoms with Gasteiger partial charge in [-0.15, -0.1) is 0 Å². The van der Waals surface area contributed by atoms with E-state index in [4.69, 9.17) is 10.3 Å². The predicted molar refractivity (Wildman–Crippen MR) is 103 cm³/mol. The van der Waals surface area contributed by atoms with Gasteiger partial charge in [-0.1, -0.05) is 24.6 Å². The zero-order valence-electron chi connectivity index (χ0n) is 15.6. The van der Waals surface area contributed by atoms with Crippen LogP contribution < -0.4 is 5.43 Å². The third-order valence-electron chi connectivity index (χ3n) is 5.99. The molecule has 2 heterocycles. The minimum atomic E-state index is -0.434. The molecule has 7 nitrogen and oxygen atoms in total. The third kappa shape index (κ3) is 2.51. The van der Waals surface area contributed by atoms with Gasteiger partial charge >= 0.3 is 0 Å². The summed E-state index contributed by atoms with van der Waals surface area (Å²) in [6, 6.07) is 14.1. The van der Waals surface area contributed by atoms with E-state index in [1.807, 2.05) is 48.1 Å². The highest BCUT2D eigenvalue weighted by Gasteiger charge is 2.49. The zero-order valence-corrected chi connectivity index (χ0v) is 15.6. The van der Waals surface area contributed by atoms with Crippen LogP contribution in [-0.2, 0) is 12.5 Å². The topological polar surface area (TPSA) is 104 Å². The number of hydrogen-bond acceptors (Lipinski definition) is 6. The van der Waals surface area contributed by atoms with Crippen molar-refractivity contribution < 1.29 is 0 Å². The quantitative estimate of drug-likeness (QED) is 0.497. The molecule has 2 unspecified atom stereocenters. The van der Waals surface area contributed by atoms with Crippen molar-refractivity contribution in [3.63, 3.8) is 0 Å². The van der Waals surface area contributed by atoms with Crippen LogP contribution in [0.5, 0.6) is 0 Å². The molecule has 1 fully saturated rings. The Hall–Kier alpha value is -3.76. The molecule has 2 aliphatic rings. The molecule has 1 aromatic heterocycles. The van der Waals surface area contributed by atoms with Crippen molar-refractivity contribution in [2.45, 2.75) is 37.0 Å². The number of nitriles is 3. The van der Waals surface area contributed by atoms with Gasteiger partial charge < -0.3 is 4.57 Å². The van der Waals surface area contributed by atoms with E-state index in [0.717, 1.165) is 42.6 Å². The summed E-state index contributed by atoms with van der Waals surface area (Å²) in [4.78, 5) is 4.74. The number of aliphatic imine (C=N–C) groups is 1. The largest absolute Gasteiger partial charge is 0.339 e. The summed E-state index contributed by atoms with van der Waals surface area (Å²) in [6.45, 7) is 0. The Morgan fingerprint density at radius 2 is 2.04 bits per heavy atom. The molecule has 0 radical (unpaired) electrons. The molecule has 0 bridgehead atoms. The number of nitrogens with one attached hydrogen (secondary N) is 1. The Bertz CT molecular complexity index is 1080. The summed E-state index contributed by atoms with van der Waals surface area (Å²) in [6.07, 6.45) is 7.51. The van der Waals surface area contributed by atoms with Crippen molar-refractivity contribution in [1.82, 2.24) is 15.0 Å². The van der Waals surface area contributed by atoms with E-state index in [0.29, 0.717) is 11.5 Å². The van der Waals surface area contributed by atoms with Crippen molar-refractivity contribution in [2.75, 3.05) is 0 Å². The summed E-state index contributed by atoms with van der Waals surface area (Å²) >= 11 is 0. The van der Waals surface area contributed by atoms with E-state index in [1.54, 1.807) is 0 Å². The van der Waals surface area contributed by atoms with Crippen molar-refractivity contribution in [3.05, 3.63) is 53.3 Å². The molecule has 28 heavy (non-hydrogen) atoms. The molecule has 7 heteroatoms. The van der Waals surface area contributed by atoms with E-state index in [2.05, 4.69) is 23.8 Å². The maximum Gasteiger partial charge on any atom is 0.206 e. The molecule has 1 aliphatic carbocycles. The lowest BCUT2D eigenvalue weighted by atomic mass is 9.65. The van der Waals surface area contributed by atoms with Crippen LogP contribution in [0.25, 0.3) is 0 Å². The zero-order chi connectivity index (χ0) is 19.7. The molecule has 1 spiro atoms. The maximum atomic E-state index is 9.61. The molecule has 0 saturated heterocycles. The van der Waals surface area contributed by atoms with Gasteiger partial charge in [-0.25, -0.2) is 10.4 Å². The standard InChI is InChI=1S/C21H19N7/c1-27-16(12-22)8-9-19(27)15-5-4-10-21(11-15)17-6-2-3-7-18(17)26-20(21)28(14-24)25-13-23/h2-3,6-9,15,25H,4-5,10-11H2,1H3. The third-order valence-corrected chi connectivity index (χ3v) is 5.99. The molecule has 4 rings (SSSR count). The predicted octanol–water partition coefficient (Wildman–Crippen LogP) is 3.30. The molecule has 1 saturated carbocycles. The van der Waals surface area contributed by atoms with Gasteiger partial charge in [0.25, 0.3) is 0 Å². The highest BCUT2D eigenvalue weighted by Crippen LogP contribution is 2.53. The monoisotopic (exact) mass is 369 g/mol. The van der Waals surface area contributed by atoms with Crippen LogP contribution in [0.1, 0.15) is 48.6 Å². The molecule has 1 N–H and O–H groups in total. The molecular formula is C21H19N7. The molecule has 1 aliphatic heterocycles. The number of benzene rings is 1. The second-order valence-electron chi connectivity index (χ2n) is 7.30. The van der Waals surface area contributed by atoms with Gasteiger partial charge in [0.1, 0.15) is 11.8 Å². The van der Waals surface area contributed by atoms with Gasteiger partial charge in [-0.2, -0.15) is 20.8 Å². The van der Waals surface area contributed by atoms with Crippen LogP contribution in [-0.4, -0.2) is 15.4 Å². The summed E-state index contributed by atoms with van der Waals surface area (Å²) in [5.41, 5.74) is 5.74. The second kappa shape index (κ2) is 6.76. The number of amidine groups is 1. The average molecular weight is 369 g/mol. The Morgan fingerprint density at radius 3 is 2.75 bits per heavy atom. The van der Waals surface area contributed by atoms with Crippen LogP contribution in [0.2, 0.25) is 0 Å². The van der Waals surface area contributed by atoms with Crippen LogP contribution in [0.3, 0.4) is 0 Å². The fourth-order valence-corrected chi connectivity index (χ4v) is 4.78. The molecular weight excluding hydrogens is 350 g/mol. The summed E-state index contributed by atoms with van der Waals surface area (Å²) in [7, 11) is 1.92. The molecule has 2 atom stereocenters. The smallest absolute Gasteiger partial charge is 0.206 e. The van der Waals surface area contributed by atoms with E-state index < -0.39 is 5.41 Å². The van der Waals surface area contributed by atoms with Crippen LogP contribution in [0, 0.1) is 34.2 Å². The van der Waals surface area contributed by atoms with Gasteiger partial charge in [-0.3, -0.25) is 0 Å². The minimum absolute atomic E-state index is 0.236. The van der Waals surface area contributed by atoms with Gasteiger partial charge in [0.2, 0.25) is 6.19 Å². The molecule has 2 aromatic rings. The summed E-state index contributed by atoms with van der Waals surface area (Å²) < 4.78 is 1.96. The minimum Gasteiger partial charge on any atom is -0.339 e. The Kier molecular flexibility index (Phi) is 4.26. The van der Waals surface area contributed by atoms with E-state index >= 15 is 0 Å². The van der Waals surface area contributed by atoms with Crippen molar-refractivity contribution >= 4 is 11.5 Å². The first-order chi connectivity index (χ1) is 13.6. The molecule has 138 valence electrons. The lowest BCUT2D eigenvalue weighted by Gasteiger charge is -2.41. The Labute approximate surface area is 163 Å². The van der Waals surface area contributed by atoms with Gasteiger partial charge in [0.05, 0.1) is 11.1 Å². The summed E-state index contributed by atoms with van der Waals surface area (Å²) in [5.74, 6) is 0.817. The average Bonchev–Trinajstić information content (AvgIpc) is 3.24. The van der Waals surface area contributed by atoms with Crippen molar-refractivity contribution in [1.29, 1.82) is 15.8 Å². The van der Waals surface area contributed by atoms with Crippen LogP contribution in [0.15, 0.2) is 41.4 Å². The number of hydrogen-bond donors (Lipinski definition) is 1. The maximum absolute atomic E-state index is 9.61. The van der Waals surface area contributed by atoms with Crippen LogP contribution in [0.4, 0.5) is 5.69 Å². The van der Waals surface area contributed by atoms with Crippen molar-refractivity contribution in [2.24, 2.45) is 12.0 Å². The number of aromatic nitrogens is 1. The second-order valence-corrected chi connectivity index (χ2v) is 7.30.